The first-order valence-corrected chi connectivity index (χ1v) is 11.5. The fraction of sp³-hybridized carbons (Fsp3) is 0.833. The minimum Gasteiger partial charge on any atom is -0.410 e. The van der Waals surface area contributed by atoms with E-state index in [1.54, 1.807) is 0 Å². The molecule has 3 heteroatoms. The first-order chi connectivity index (χ1) is 9.67. The van der Waals surface area contributed by atoms with E-state index in [0.717, 1.165) is 44.1 Å². The molecule has 0 aromatic heterocycles. The zero-order chi connectivity index (χ0) is 15.8. The van der Waals surface area contributed by atoms with Gasteiger partial charge in [0.15, 0.2) is 14.1 Å². The molecule has 1 saturated carbocycles. The van der Waals surface area contributed by atoms with Crippen molar-refractivity contribution in [2.45, 2.75) is 90.5 Å². The molecule has 2 nitrogen and oxygen atoms in total. The summed E-state index contributed by atoms with van der Waals surface area (Å²) in [4.78, 5) is 12.3. The van der Waals surface area contributed by atoms with Crippen LogP contribution < -0.4 is 0 Å². The zero-order valence-corrected chi connectivity index (χ0v) is 15.7. The first kappa shape index (κ1) is 16.9. The molecule has 0 N–H and O–H groups in total. The maximum Gasteiger partial charge on any atom is 0.192 e. The van der Waals surface area contributed by atoms with Crippen LogP contribution in [0.3, 0.4) is 0 Å². The molecule has 120 valence electrons. The summed E-state index contributed by atoms with van der Waals surface area (Å²) >= 11 is 0. The molecule has 0 bridgehead atoms. The second kappa shape index (κ2) is 6.00. The molecule has 21 heavy (non-hydrogen) atoms. The third-order valence-corrected chi connectivity index (χ3v) is 10.2. The lowest BCUT2D eigenvalue weighted by Crippen LogP contribution is -2.43. The van der Waals surface area contributed by atoms with E-state index >= 15 is 0 Å². The van der Waals surface area contributed by atoms with Crippen molar-refractivity contribution in [1.29, 1.82) is 0 Å². The van der Waals surface area contributed by atoms with E-state index in [1.807, 2.05) is 0 Å². The minimum atomic E-state index is -1.76. The fourth-order valence-corrected chi connectivity index (χ4v) is 4.69. The molecule has 2 atom stereocenters. The Kier molecular flexibility index (Phi) is 4.84. The Morgan fingerprint density at radius 3 is 2.48 bits per heavy atom. The standard InChI is InChI=1S/C18H32O2Si/c1-7-8-9-14-15(19)12-13-10-11-16(17(13)14)20-21(5,6)18(2,3)4/h13,16H,7-12H2,1-6H3. The van der Waals surface area contributed by atoms with Gasteiger partial charge in [0, 0.05) is 6.42 Å². The van der Waals surface area contributed by atoms with E-state index in [0.29, 0.717) is 11.7 Å². The van der Waals surface area contributed by atoms with Gasteiger partial charge in [-0.3, -0.25) is 4.79 Å². The quantitative estimate of drug-likeness (QED) is 0.649. The number of fused-ring (bicyclic) bond motifs is 1. The summed E-state index contributed by atoms with van der Waals surface area (Å²) in [7, 11) is -1.76. The number of unbranched alkanes of at least 4 members (excludes halogenated alkanes) is 1. The van der Waals surface area contributed by atoms with E-state index in [-0.39, 0.29) is 11.1 Å². The van der Waals surface area contributed by atoms with E-state index in [2.05, 4.69) is 40.8 Å². The third kappa shape index (κ3) is 3.34. The van der Waals surface area contributed by atoms with Gasteiger partial charge in [-0.05, 0) is 60.9 Å². The number of carbonyl (C=O) groups excluding carboxylic acids is 1. The van der Waals surface area contributed by atoms with Gasteiger partial charge in [0.2, 0.25) is 0 Å². The zero-order valence-electron chi connectivity index (χ0n) is 14.7. The third-order valence-electron chi connectivity index (χ3n) is 5.70. The second-order valence-electron chi connectivity index (χ2n) is 8.31. The maximum absolute atomic E-state index is 12.3. The molecular weight excluding hydrogens is 276 g/mol. The molecule has 0 spiro atoms. The van der Waals surface area contributed by atoms with Crippen LogP contribution in [0.15, 0.2) is 11.1 Å². The largest absolute Gasteiger partial charge is 0.410 e. The molecule has 0 aromatic rings. The van der Waals surface area contributed by atoms with Crippen molar-refractivity contribution < 1.29 is 9.22 Å². The number of carbonyl (C=O) groups is 1. The summed E-state index contributed by atoms with van der Waals surface area (Å²) in [6, 6.07) is 0. The van der Waals surface area contributed by atoms with Crippen molar-refractivity contribution in [2.24, 2.45) is 5.92 Å². The Morgan fingerprint density at radius 2 is 1.90 bits per heavy atom. The molecule has 0 radical (unpaired) electrons. The van der Waals surface area contributed by atoms with Crippen LogP contribution in [0, 0.1) is 5.92 Å². The summed E-state index contributed by atoms with van der Waals surface area (Å²) in [5.74, 6) is 0.908. The highest BCUT2D eigenvalue weighted by Gasteiger charge is 2.46. The van der Waals surface area contributed by atoms with Crippen molar-refractivity contribution in [2.75, 3.05) is 0 Å². The summed E-state index contributed by atoms with van der Waals surface area (Å²) in [6.45, 7) is 13.7. The van der Waals surface area contributed by atoms with Gasteiger partial charge in [0.05, 0.1) is 6.10 Å². The number of allylic oxidation sites excluding steroid dienone is 1. The molecule has 0 aromatic carbocycles. The molecule has 0 aliphatic heterocycles. The van der Waals surface area contributed by atoms with Crippen LogP contribution in [0.5, 0.6) is 0 Å². The number of ketones is 1. The van der Waals surface area contributed by atoms with E-state index in [1.165, 1.54) is 5.57 Å². The average Bonchev–Trinajstić information content (AvgIpc) is 2.85. The van der Waals surface area contributed by atoms with Crippen molar-refractivity contribution >= 4 is 14.1 Å². The molecule has 2 aliphatic rings. The van der Waals surface area contributed by atoms with Crippen LogP contribution in [0.4, 0.5) is 0 Å². The highest BCUT2D eigenvalue weighted by Crippen LogP contribution is 2.47. The molecule has 2 unspecified atom stereocenters. The normalized spacial score (nSPS) is 26.7. The van der Waals surface area contributed by atoms with Crippen LogP contribution in [0.25, 0.3) is 0 Å². The lowest BCUT2D eigenvalue weighted by atomic mass is 10.0. The van der Waals surface area contributed by atoms with Gasteiger partial charge in [-0.25, -0.2) is 0 Å². The number of hydrogen-bond acceptors (Lipinski definition) is 2. The molecule has 0 saturated heterocycles. The summed E-state index contributed by atoms with van der Waals surface area (Å²) in [5.41, 5.74) is 2.54. The van der Waals surface area contributed by atoms with Gasteiger partial charge in [-0.2, -0.15) is 0 Å². The SMILES string of the molecule is CCCCC1=C2C(CCC2O[Si](C)(C)C(C)(C)C)CC1=O. The number of rotatable bonds is 5. The lowest BCUT2D eigenvalue weighted by molar-refractivity contribution is -0.115. The van der Waals surface area contributed by atoms with Gasteiger partial charge >= 0.3 is 0 Å². The Labute approximate surface area is 131 Å². The van der Waals surface area contributed by atoms with Crippen molar-refractivity contribution in [3.63, 3.8) is 0 Å². The Balaban J connectivity index is 2.21. The van der Waals surface area contributed by atoms with Crippen LogP contribution in [-0.4, -0.2) is 20.2 Å². The van der Waals surface area contributed by atoms with Crippen LogP contribution in [0.2, 0.25) is 18.1 Å². The molecule has 0 heterocycles. The average molecular weight is 309 g/mol. The van der Waals surface area contributed by atoms with Crippen molar-refractivity contribution in [3.8, 4) is 0 Å². The molecule has 0 amide bonds. The van der Waals surface area contributed by atoms with Crippen LogP contribution >= 0.6 is 0 Å². The predicted molar refractivity (Wildman–Crippen MR) is 91.0 cm³/mol. The number of hydrogen-bond donors (Lipinski definition) is 0. The molecule has 2 rings (SSSR count). The van der Waals surface area contributed by atoms with Crippen molar-refractivity contribution in [3.05, 3.63) is 11.1 Å². The monoisotopic (exact) mass is 308 g/mol. The Hall–Kier alpha value is -0.413. The highest BCUT2D eigenvalue weighted by atomic mass is 28.4. The summed E-state index contributed by atoms with van der Waals surface area (Å²) in [5, 5.41) is 0.234. The maximum atomic E-state index is 12.3. The summed E-state index contributed by atoms with van der Waals surface area (Å²) in [6.07, 6.45) is 6.51. The van der Waals surface area contributed by atoms with Crippen molar-refractivity contribution in [1.82, 2.24) is 0 Å². The van der Waals surface area contributed by atoms with Gasteiger partial charge in [-0.1, -0.05) is 34.1 Å². The Bertz CT molecular complexity index is 443. The molecule has 1 fully saturated rings. The van der Waals surface area contributed by atoms with E-state index in [4.69, 9.17) is 4.43 Å². The lowest BCUT2D eigenvalue weighted by Gasteiger charge is -2.39. The van der Waals surface area contributed by atoms with Crippen LogP contribution in [-0.2, 0) is 9.22 Å². The number of Topliss-reactive ketones (excluding diaryl/α,β-unsaturated/α-hetero) is 1. The summed E-state index contributed by atoms with van der Waals surface area (Å²) < 4.78 is 6.66. The first-order valence-electron chi connectivity index (χ1n) is 8.61. The highest BCUT2D eigenvalue weighted by molar-refractivity contribution is 6.74. The Morgan fingerprint density at radius 1 is 1.24 bits per heavy atom. The van der Waals surface area contributed by atoms with Gasteiger partial charge < -0.3 is 4.43 Å². The second-order valence-corrected chi connectivity index (χ2v) is 13.1. The smallest absolute Gasteiger partial charge is 0.192 e. The van der Waals surface area contributed by atoms with Crippen LogP contribution in [0.1, 0.15) is 66.2 Å². The van der Waals surface area contributed by atoms with E-state index in [9.17, 15) is 4.79 Å². The van der Waals surface area contributed by atoms with Gasteiger partial charge in [0.25, 0.3) is 0 Å². The minimum absolute atomic E-state index is 0.231. The van der Waals surface area contributed by atoms with E-state index < -0.39 is 8.32 Å². The van der Waals surface area contributed by atoms with Gasteiger partial charge in [-0.15, -0.1) is 0 Å². The topological polar surface area (TPSA) is 26.3 Å². The molecule has 2 aliphatic carbocycles. The predicted octanol–water partition coefficient (Wildman–Crippen LogP) is 5.25. The fourth-order valence-electron chi connectivity index (χ4n) is 3.38. The van der Waals surface area contributed by atoms with Gasteiger partial charge in [0.1, 0.15) is 0 Å². The molecular formula is C18H32O2Si.